The number of benzene rings is 8. The van der Waals surface area contributed by atoms with Crippen LogP contribution in [0.2, 0.25) is 0 Å². The van der Waals surface area contributed by atoms with E-state index in [1.165, 1.54) is 32.6 Å². The van der Waals surface area contributed by atoms with Crippen LogP contribution in [0.3, 0.4) is 0 Å². The summed E-state index contributed by atoms with van der Waals surface area (Å²) in [6.45, 7) is 0. The Hall–Kier alpha value is -6.42. The summed E-state index contributed by atoms with van der Waals surface area (Å²) in [6, 6.07) is 78.1. The van der Waals surface area contributed by atoms with Gasteiger partial charge in [-0.2, -0.15) is 0 Å². The van der Waals surface area contributed by atoms with E-state index in [9.17, 15) is 0 Å². The SMILES string of the molecule is c1ccc(N(c2ccccc2)c2ccc(-c3ccc([SiH]c4ccc(-c5ccc(N(c6ccccc6)c6ccccc6)cc5)cc4)cc3)cc2)cc1. The van der Waals surface area contributed by atoms with Crippen molar-refractivity contribution < 1.29 is 0 Å². The normalized spacial score (nSPS) is 10.8. The van der Waals surface area contributed by atoms with Crippen LogP contribution in [0.4, 0.5) is 34.1 Å². The van der Waals surface area contributed by atoms with Gasteiger partial charge in [-0.15, -0.1) is 0 Å². The lowest BCUT2D eigenvalue weighted by atomic mass is 10.0. The lowest BCUT2D eigenvalue weighted by Gasteiger charge is -2.25. The second-order valence-corrected chi connectivity index (χ2v) is 14.1. The van der Waals surface area contributed by atoms with Crippen LogP contribution in [0.1, 0.15) is 0 Å². The summed E-state index contributed by atoms with van der Waals surface area (Å²) >= 11 is 0. The summed E-state index contributed by atoms with van der Waals surface area (Å²) < 4.78 is 0. The molecule has 8 aromatic rings. The molecule has 0 N–H and O–H groups in total. The maximum absolute atomic E-state index is 2.29. The van der Waals surface area contributed by atoms with Gasteiger partial charge in [0.25, 0.3) is 0 Å². The summed E-state index contributed by atoms with van der Waals surface area (Å²) in [5, 5.41) is 2.77. The first-order valence-corrected chi connectivity index (χ1v) is 18.5. The smallest absolute Gasteiger partial charge is 0.103 e. The average molecular weight is 670 g/mol. The van der Waals surface area contributed by atoms with Crippen LogP contribution in [-0.2, 0) is 0 Å². The van der Waals surface area contributed by atoms with Crippen LogP contribution in [0.25, 0.3) is 22.3 Å². The molecule has 8 aromatic carbocycles. The molecule has 0 aromatic heterocycles. The zero-order valence-electron chi connectivity index (χ0n) is 28.3. The van der Waals surface area contributed by atoms with E-state index in [-0.39, 0.29) is 9.52 Å². The maximum Gasteiger partial charge on any atom is 0.103 e. The first-order valence-electron chi connectivity index (χ1n) is 17.3. The zero-order valence-corrected chi connectivity index (χ0v) is 29.4. The number of hydrogen-bond acceptors (Lipinski definition) is 2. The molecule has 1 radical (unpaired) electrons. The van der Waals surface area contributed by atoms with Crippen molar-refractivity contribution in [3.63, 3.8) is 0 Å². The Morgan fingerprint density at radius 1 is 0.216 bits per heavy atom. The molecule has 0 fully saturated rings. The fourth-order valence-corrected chi connectivity index (χ4v) is 7.70. The van der Waals surface area contributed by atoms with E-state index in [0.717, 1.165) is 34.1 Å². The molecule has 0 amide bonds. The summed E-state index contributed by atoms with van der Waals surface area (Å²) in [6.07, 6.45) is 0. The van der Waals surface area contributed by atoms with Gasteiger partial charge in [-0.1, -0.05) is 156 Å². The summed E-state index contributed by atoms with van der Waals surface area (Å²) in [5.74, 6) is 0. The standard InChI is InChI=1S/C48H37N2Si/c1-5-13-41(14-6-1)49(42-15-7-2-8-16-42)45-29-21-37(22-30-45)39-25-33-47(34-26-39)51-48-35-27-40(28-36-48)38-23-31-46(32-24-38)50(43-17-9-3-10-18-43)44-19-11-4-12-20-44/h1-36,51H. The molecule has 0 aliphatic carbocycles. The van der Waals surface area contributed by atoms with Crippen LogP contribution in [-0.4, -0.2) is 9.52 Å². The quantitative estimate of drug-likeness (QED) is 0.134. The van der Waals surface area contributed by atoms with E-state index >= 15 is 0 Å². The topological polar surface area (TPSA) is 6.48 Å². The molecule has 0 aliphatic rings. The molecular formula is C48H37N2Si. The van der Waals surface area contributed by atoms with Gasteiger partial charge in [0.15, 0.2) is 0 Å². The average Bonchev–Trinajstić information content (AvgIpc) is 3.21. The first-order chi connectivity index (χ1) is 25.3. The summed E-state index contributed by atoms with van der Waals surface area (Å²) in [5.41, 5.74) is 11.7. The van der Waals surface area contributed by atoms with Crippen molar-refractivity contribution in [1.82, 2.24) is 0 Å². The Balaban J connectivity index is 0.945. The molecule has 0 saturated heterocycles. The third-order valence-electron chi connectivity index (χ3n) is 9.13. The Kier molecular flexibility index (Phi) is 9.36. The minimum Gasteiger partial charge on any atom is -0.311 e. The Bertz CT molecular complexity index is 2030. The van der Waals surface area contributed by atoms with Crippen LogP contribution < -0.4 is 20.2 Å². The Morgan fingerprint density at radius 3 is 0.686 bits per heavy atom. The predicted octanol–water partition coefficient (Wildman–Crippen LogP) is 11.3. The second-order valence-electron chi connectivity index (χ2n) is 12.5. The third kappa shape index (κ3) is 7.30. The van der Waals surface area contributed by atoms with E-state index in [2.05, 4.69) is 228 Å². The molecule has 0 atom stereocenters. The number of para-hydroxylation sites is 4. The van der Waals surface area contributed by atoms with Gasteiger partial charge in [-0.3, -0.25) is 0 Å². The van der Waals surface area contributed by atoms with Crippen LogP contribution in [0, 0.1) is 0 Å². The highest BCUT2D eigenvalue weighted by molar-refractivity contribution is 6.67. The van der Waals surface area contributed by atoms with Gasteiger partial charge in [-0.25, -0.2) is 0 Å². The fraction of sp³-hybridized carbons (Fsp3) is 0. The predicted molar refractivity (Wildman–Crippen MR) is 220 cm³/mol. The monoisotopic (exact) mass is 669 g/mol. The Labute approximate surface area is 303 Å². The van der Waals surface area contributed by atoms with Crippen LogP contribution in [0.5, 0.6) is 0 Å². The third-order valence-corrected chi connectivity index (χ3v) is 10.6. The molecule has 0 heterocycles. The minimum absolute atomic E-state index is 0.00178. The minimum atomic E-state index is 0.00178. The highest BCUT2D eigenvalue weighted by Crippen LogP contribution is 2.36. The van der Waals surface area contributed by atoms with E-state index in [1.807, 2.05) is 0 Å². The van der Waals surface area contributed by atoms with E-state index < -0.39 is 0 Å². The largest absolute Gasteiger partial charge is 0.311 e. The van der Waals surface area contributed by atoms with Crippen molar-refractivity contribution in [3.8, 4) is 22.3 Å². The molecule has 243 valence electrons. The molecular weight excluding hydrogens is 633 g/mol. The highest BCUT2D eigenvalue weighted by Gasteiger charge is 2.13. The van der Waals surface area contributed by atoms with Crippen molar-refractivity contribution in [3.05, 3.63) is 218 Å². The molecule has 0 spiro atoms. The summed E-state index contributed by atoms with van der Waals surface area (Å²) in [7, 11) is 0.00178. The van der Waals surface area contributed by atoms with E-state index in [1.54, 1.807) is 0 Å². The summed E-state index contributed by atoms with van der Waals surface area (Å²) in [4.78, 5) is 4.59. The van der Waals surface area contributed by atoms with Gasteiger partial charge in [0.2, 0.25) is 0 Å². The number of hydrogen-bond donors (Lipinski definition) is 0. The molecule has 0 unspecified atom stereocenters. The number of anilines is 6. The lowest BCUT2D eigenvalue weighted by Crippen LogP contribution is -2.26. The second kappa shape index (κ2) is 15.0. The molecule has 3 heteroatoms. The fourth-order valence-electron chi connectivity index (χ4n) is 6.54. The molecule has 0 saturated carbocycles. The molecule has 0 aliphatic heterocycles. The lowest BCUT2D eigenvalue weighted by molar-refractivity contribution is 1.28. The van der Waals surface area contributed by atoms with Crippen molar-refractivity contribution in [2.75, 3.05) is 9.80 Å². The van der Waals surface area contributed by atoms with E-state index in [0.29, 0.717) is 0 Å². The molecule has 0 bridgehead atoms. The molecule has 8 rings (SSSR count). The van der Waals surface area contributed by atoms with Gasteiger partial charge < -0.3 is 9.80 Å². The van der Waals surface area contributed by atoms with Crippen molar-refractivity contribution in [2.45, 2.75) is 0 Å². The maximum atomic E-state index is 2.29. The van der Waals surface area contributed by atoms with E-state index in [4.69, 9.17) is 0 Å². The zero-order chi connectivity index (χ0) is 34.2. The van der Waals surface area contributed by atoms with Gasteiger partial charge in [0.05, 0.1) is 0 Å². The highest BCUT2D eigenvalue weighted by atomic mass is 28.2. The van der Waals surface area contributed by atoms with Gasteiger partial charge in [-0.05, 0) is 95.1 Å². The van der Waals surface area contributed by atoms with Gasteiger partial charge >= 0.3 is 0 Å². The van der Waals surface area contributed by atoms with Crippen molar-refractivity contribution >= 4 is 54.0 Å². The Morgan fingerprint density at radius 2 is 0.431 bits per heavy atom. The van der Waals surface area contributed by atoms with Crippen molar-refractivity contribution in [1.29, 1.82) is 0 Å². The number of rotatable bonds is 10. The van der Waals surface area contributed by atoms with Crippen LogP contribution in [0.15, 0.2) is 218 Å². The first kappa shape index (κ1) is 31.8. The van der Waals surface area contributed by atoms with Gasteiger partial charge in [0, 0.05) is 34.1 Å². The van der Waals surface area contributed by atoms with Crippen LogP contribution >= 0.6 is 0 Å². The molecule has 51 heavy (non-hydrogen) atoms. The molecule has 2 nitrogen and oxygen atoms in total. The van der Waals surface area contributed by atoms with Crippen molar-refractivity contribution in [2.24, 2.45) is 0 Å². The van der Waals surface area contributed by atoms with Gasteiger partial charge in [0.1, 0.15) is 9.52 Å². The number of nitrogens with zero attached hydrogens (tertiary/aromatic N) is 2.